The predicted molar refractivity (Wildman–Crippen MR) is 87.9 cm³/mol. The number of aryl methyl sites for hydroxylation is 1. The molecule has 0 amide bonds. The first-order valence-electron chi connectivity index (χ1n) is 7.70. The number of benzene rings is 1. The number of nitrogens with zero attached hydrogens (tertiary/aromatic N) is 2. The lowest BCUT2D eigenvalue weighted by Gasteiger charge is -2.15. The van der Waals surface area contributed by atoms with Gasteiger partial charge in [0.2, 0.25) is 0 Å². The molecule has 1 unspecified atom stereocenters. The van der Waals surface area contributed by atoms with Crippen molar-refractivity contribution in [1.82, 2.24) is 4.57 Å². The zero-order chi connectivity index (χ0) is 15.5. The number of hydrogen-bond donors (Lipinski definition) is 1. The Labute approximate surface area is 127 Å². The van der Waals surface area contributed by atoms with Crippen molar-refractivity contribution in [3.63, 3.8) is 0 Å². The standard InChI is InChI=1S/C18H25N3/c1-4-15(20)11-14-12-21(10-9-18(2,3)13-19)17-8-6-5-7-16(14)17/h5-8,12,15H,4,9-11,20H2,1-3H3. The van der Waals surface area contributed by atoms with E-state index in [9.17, 15) is 0 Å². The van der Waals surface area contributed by atoms with Gasteiger partial charge < -0.3 is 10.3 Å². The Hall–Kier alpha value is -1.79. The van der Waals surface area contributed by atoms with Crippen molar-refractivity contribution < 1.29 is 0 Å². The van der Waals surface area contributed by atoms with E-state index in [-0.39, 0.29) is 11.5 Å². The number of fused-ring (bicyclic) bond motifs is 1. The van der Waals surface area contributed by atoms with Crippen LogP contribution < -0.4 is 5.73 Å². The molecule has 0 aliphatic rings. The monoisotopic (exact) mass is 283 g/mol. The van der Waals surface area contributed by atoms with Crippen LogP contribution in [-0.4, -0.2) is 10.6 Å². The van der Waals surface area contributed by atoms with Gasteiger partial charge in [-0.3, -0.25) is 0 Å². The Kier molecular flexibility index (Phi) is 4.69. The average molecular weight is 283 g/mol. The van der Waals surface area contributed by atoms with Gasteiger partial charge in [-0.2, -0.15) is 5.26 Å². The average Bonchev–Trinajstić information content (AvgIpc) is 2.83. The van der Waals surface area contributed by atoms with E-state index < -0.39 is 0 Å². The van der Waals surface area contributed by atoms with Gasteiger partial charge in [-0.05, 0) is 44.7 Å². The first kappa shape index (κ1) is 15.6. The summed E-state index contributed by atoms with van der Waals surface area (Å²) in [6.07, 6.45) is 4.96. The Morgan fingerprint density at radius 2 is 2.05 bits per heavy atom. The van der Waals surface area contributed by atoms with E-state index in [2.05, 4.69) is 48.0 Å². The summed E-state index contributed by atoms with van der Waals surface area (Å²) >= 11 is 0. The summed E-state index contributed by atoms with van der Waals surface area (Å²) in [7, 11) is 0. The molecule has 2 N–H and O–H groups in total. The van der Waals surface area contributed by atoms with Crippen LogP contribution in [0.2, 0.25) is 0 Å². The molecule has 0 aliphatic carbocycles. The molecule has 2 aromatic rings. The fourth-order valence-electron chi connectivity index (χ4n) is 2.55. The molecule has 3 nitrogen and oxygen atoms in total. The molecule has 1 heterocycles. The van der Waals surface area contributed by atoms with Crippen LogP contribution in [0.4, 0.5) is 0 Å². The third-order valence-corrected chi connectivity index (χ3v) is 4.16. The van der Waals surface area contributed by atoms with E-state index in [1.54, 1.807) is 0 Å². The lowest BCUT2D eigenvalue weighted by molar-refractivity contribution is 0.417. The van der Waals surface area contributed by atoms with E-state index in [0.29, 0.717) is 0 Å². The number of hydrogen-bond acceptors (Lipinski definition) is 2. The van der Waals surface area contributed by atoms with Gasteiger partial charge in [0.1, 0.15) is 0 Å². The van der Waals surface area contributed by atoms with Crippen LogP contribution in [0.5, 0.6) is 0 Å². The minimum Gasteiger partial charge on any atom is -0.347 e. The summed E-state index contributed by atoms with van der Waals surface area (Å²) in [5.41, 5.74) is 8.39. The number of rotatable bonds is 6. The molecule has 1 aromatic heterocycles. The van der Waals surface area contributed by atoms with E-state index in [1.807, 2.05) is 13.8 Å². The molecule has 2 rings (SSSR count). The van der Waals surface area contributed by atoms with Crippen molar-refractivity contribution >= 4 is 10.9 Å². The summed E-state index contributed by atoms with van der Waals surface area (Å²) in [6.45, 7) is 6.97. The summed E-state index contributed by atoms with van der Waals surface area (Å²) in [5, 5.41) is 10.5. The molecule has 0 radical (unpaired) electrons. The molecule has 21 heavy (non-hydrogen) atoms. The third kappa shape index (κ3) is 3.65. The van der Waals surface area contributed by atoms with Crippen molar-refractivity contribution in [2.75, 3.05) is 0 Å². The zero-order valence-electron chi connectivity index (χ0n) is 13.3. The first-order chi connectivity index (χ1) is 9.96. The van der Waals surface area contributed by atoms with Crippen molar-refractivity contribution in [3.8, 4) is 6.07 Å². The van der Waals surface area contributed by atoms with Gasteiger partial charge in [-0.1, -0.05) is 25.1 Å². The summed E-state index contributed by atoms with van der Waals surface area (Å²) in [4.78, 5) is 0. The first-order valence-corrected chi connectivity index (χ1v) is 7.70. The van der Waals surface area contributed by atoms with E-state index in [1.165, 1.54) is 16.5 Å². The third-order valence-electron chi connectivity index (χ3n) is 4.16. The second-order valence-corrected chi connectivity index (χ2v) is 6.48. The topological polar surface area (TPSA) is 54.7 Å². The fourth-order valence-corrected chi connectivity index (χ4v) is 2.55. The lowest BCUT2D eigenvalue weighted by Crippen LogP contribution is -2.21. The molecule has 0 fully saturated rings. The molecular formula is C18H25N3. The Morgan fingerprint density at radius 3 is 2.71 bits per heavy atom. The molecular weight excluding hydrogens is 258 g/mol. The molecule has 112 valence electrons. The number of para-hydroxylation sites is 1. The van der Waals surface area contributed by atoms with Crippen LogP contribution in [0.25, 0.3) is 10.9 Å². The summed E-state index contributed by atoms with van der Waals surface area (Å²) in [6, 6.07) is 11.0. The maximum absolute atomic E-state index is 9.17. The van der Waals surface area contributed by atoms with E-state index in [0.717, 1.165) is 25.8 Å². The normalized spacial score (nSPS) is 13.3. The number of nitriles is 1. The van der Waals surface area contributed by atoms with E-state index >= 15 is 0 Å². The van der Waals surface area contributed by atoms with Crippen LogP contribution in [0, 0.1) is 16.7 Å². The fraction of sp³-hybridized carbons (Fsp3) is 0.500. The highest BCUT2D eigenvalue weighted by Gasteiger charge is 2.17. The van der Waals surface area contributed by atoms with Crippen LogP contribution in [0.1, 0.15) is 39.2 Å². The van der Waals surface area contributed by atoms with Gasteiger partial charge in [0, 0.05) is 29.7 Å². The molecule has 0 aliphatic heterocycles. The highest BCUT2D eigenvalue weighted by Crippen LogP contribution is 2.26. The van der Waals surface area contributed by atoms with Crippen molar-refractivity contribution in [3.05, 3.63) is 36.0 Å². The minimum atomic E-state index is -0.286. The maximum atomic E-state index is 9.17. The van der Waals surface area contributed by atoms with Crippen molar-refractivity contribution in [2.24, 2.45) is 11.1 Å². The van der Waals surface area contributed by atoms with Gasteiger partial charge in [0.25, 0.3) is 0 Å². The highest BCUT2D eigenvalue weighted by atomic mass is 15.0. The summed E-state index contributed by atoms with van der Waals surface area (Å²) in [5.74, 6) is 0. The van der Waals surface area contributed by atoms with Gasteiger partial charge in [0.15, 0.2) is 0 Å². The van der Waals surface area contributed by atoms with Gasteiger partial charge in [0.05, 0.1) is 11.5 Å². The van der Waals surface area contributed by atoms with Crippen LogP contribution in [0.3, 0.4) is 0 Å². The second-order valence-electron chi connectivity index (χ2n) is 6.48. The van der Waals surface area contributed by atoms with Gasteiger partial charge >= 0.3 is 0 Å². The largest absolute Gasteiger partial charge is 0.347 e. The lowest BCUT2D eigenvalue weighted by atomic mass is 9.91. The minimum absolute atomic E-state index is 0.208. The highest BCUT2D eigenvalue weighted by molar-refractivity contribution is 5.84. The number of nitrogens with two attached hydrogens (primary N) is 1. The smallest absolute Gasteiger partial charge is 0.0684 e. The zero-order valence-corrected chi connectivity index (χ0v) is 13.3. The Balaban J connectivity index is 2.30. The molecule has 0 bridgehead atoms. The number of aromatic nitrogens is 1. The second kappa shape index (κ2) is 6.32. The maximum Gasteiger partial charge on any atom is 0.0684 e. The van der Waals surface area contributed by atoms with Crippen molar-refractivity contribution in [2.45, 2.75) is 52.6 Å². The SMILES string of the molecule is CCC(N)Cc1cn(CCC(C)(C)C#N)c2ccccc12. The van der Waals surface area contributed by atoms with Crippen LogP contribution >= 0.6 is 0 Å². The van der Waals surface area contributed by atoms with Gasteiger partial charge in [-0.25, -0.2) is 0 Å². The molecule has 0 saturated carbocycles. The quantitative estimate of drug-likeness (QED) is 0.875. The molecule has 3 heteroatoms. The van der Waals surface area contributed by atoms with Crippen molar-refractivity contribution in [1.29, 1.82) is 5.26 Å². The van der Waals surface area contributed by atoms with E-state index in [4.69, 9.17) is 11.0 Å². The predicted octanol–water partition coefficient (Wildman–Crippen LogP) is 3.86. The Morgan fingerprint density at radius 1 is 1.33 bits per heavy atom. The molecule has 1 atom stereocenters. The van der Waals surface area contributed by atoms with Crippen LogP contribution in [0.15, 0.2) is 30.5 Å². The summed E-state index contributed by atoms with van der Waals surface area (Å²) < 4.78 is 2.27. The Bertz CT molecular complexity index is 646. The van der Waals surface area contributed by atoms with Gasteiger partial charge in [-0.15, -0.1) is 0 Å². The van der Waals surface area contributed by atoms with Crippen LogP contribution in [-0.2, 0) is 13.0 Å². The molecule has 0 spiro atoms. The molecule has 0 saturated heterocycles. The molecule has 1 aromatic carbocycles.